The molecule has 0 amide bonds. The van der Waals surface area contributed by atoms with Gasteiger partial charge in [0.2, 0.25) is 5.96 Å². The van der Waals surface area contributed by atoms with Gasteiger partial charge >= 0.3 is 0 Å². The monoisotopic (exact) mass is 231 g/mol. The summed E-state index contributed by atoms with van der Waals surface area (Å²) in [6, 6.07) is 5.03. The van der Waals surface area contributed by atoms with Crippen molar-refractivity contribution in [3.05, 3.63) is 23.8 Å². The molecule has 6 heteroatoms. The highest BCUT2D eigenvalue weighted by atomic mass is 16.5. The highest BCUT2D eigenvalue weighted by Gasteiger charge is 2.01. The van der Waals surface area contributed by atoms with Crippen molar-refractivity contribution in [1.29, 1.82) is 0 Å². The van der Waals surface area contributed by atoms with Gasteiger partial charge in [-0.05, 0) is 18.2 Å². The molecule has 0 aliphatic rings. The van der Waals surface area contributed by atoms with Crippen LogP contribution in [0.25, 0.3) is 0 Å². The van der Waals surface area contributed by atoms with Crippen LogP contribution < -0.4 is 21.9 Å². The molecule has 6 N–H and O–H groups in total. The first-order valence-electron chi connectivity index (χ1n) is 4.65. The molecule has 0 fully saturated rings. The first-order chi connectivity index (χ1) is 8.06. The van der Waals surface area contributed by atoms with E-state index in [1.807, 2.05) is 0 Å². The van der Waals surface area contributed by atoms with Gasteiger partial charge in [-0.1, -0.05) is 5.92 Å². The molecule has 6 nitrogen and oxygen atoms in total. The van der Waals surface area contributed by atoms with Crippen LogP contribution in [0.5, 0.6) is 5.75 Å². The van der Waals surface area contributed by atoms with Gasteiger partial charge in [0.25, 0.3) is 0 Å². The summed E-state index contributed by atoms with van der Waals surface area (Å²) >= 11 is 0. The average Bonchev–Trinajstić information content (AvgIpc) is 2.27. The lowest BCUT2D eigenvalue weighted by atomic mass is 10.2. The summed E-state index contributed by atoms with van der Waals surface area (Å²) in [5.74, 6) is 2.87. The Kier molecular flexibility index (Phi) is 3.95. The third-order valence-corrected chi connectivity index (χ3v) is 1.83. The Balaban J connectivity index is 3.10. The maximum atomic E-state index is 5.49. The molecule has 1 rings (SSSR count). The highest BCUT2D eigenvalue weighted by Crippen LogP contribution is 2.23. The normalized spacial score (nSPS) is 10.5. The second-order valence-electron chi connectivity index (χ2n) is 3.04. The van der Waals surface area contributed by atoms with Gasteiger partial charge < -0.3 is 21.9 Å². The van der Waals surface area contributed by atoms with Crippen LogP contribution in [0.1, 0.15) is 5.56 Å². The summed E-state index contributed by atoms with van der Waals surface area (Å²) in [5.41, 5.74) is 16.9. The molecule has 1 aromatic rings. The van der Waals surface area contributed by atoms with Crippen LogP contribution >= 0.6 is 0 Å². The lowest BCUT2D eigenvalue weighted by Crippen LogP contribution is -2.26. The second kappa shape index (κ2) is 5.42. The molecular formula is C11H13N5O. The largest absolute Gasteiger partial charge is 0.495 e. The molecule has 1 aromatic carbocycles. The summed E-state index contributed by atoms with van der Waals surface area (Å²) in [4.78, 5) is 7.57. The van der Waals surface area contributed by atoms with Gasteiger partial charge in [0.1, 0.15) is 5.75 Å². The van der Waals surface area contributed by atoms with Crippen LogP contribution in [-0.4, -0.2) is 19.0 Å². The predicted molar refractivity (Wildman–Crippen MR) is 68.0 cm³/mol. The van der Waals surface area contributed by atoms with Crippen molar-refractivity contribution >= 4 is 17.6 Å². The Bertz CT molecular complexity index is 509. The zero-order valence-electron chi connectivity index (χ0n) is 9.34. The fourth-order valence-electron chi connectivity index (χ4n) is 1.17. The zero-order valence-corrected chi connectivity index (χ0v) is 9.34. The Morgan fingerprint density at radius 3 is 2.59 bits per heavy atom. The van der Waals surface area contributed by atoms with E-state index >= 15 is 0 Å². The van der Waals surface area contributed by atoms with Crippen LogP contribution in [-0.2, 0) is 0 Å². The number of guanidine groups is 2. The fraction of sp³-hybridized carbons (Fsp3) is 0.0909. The average molecular weight is 231 g/mol. The van der Waals surface area contributed by atoms with E-state index in [0.717, 1.165) is 0 Å². The number of hydrogen-bond donors (Lipinski definition) is 3. The van der Waals surface area contributed by atoms with E-state index in [1.54, 1.807) is 18.2 Å². The summed E-state index contributed by atoms with van der Waals surface area (Å²) in [6.45, 7) is 0. The smallest absolute Gasteiger partial charge is 0.223 e. The molecule has 0 heterocycles. The van der Waals surface area contributed by atoms with Crippen LogP contribution in [0.4, 0.5) is 5.69 Å². The van der Waals surface area contributed by atoms with E-state index in [2.05, 4.69) is 15.9 Å². The standard InChI is InChI=1S/C11H13N5O/c1-3-7-6-8(4-5-9(7)17-2)15-11(14)16-10(12)13/h1,4-6H,2H3,(H6,12,13,14,15,16). The molecule has 0 spiro atoms. The van der Waals surface area contributed by atoms with E-state index in [4.69, 9.17) is 28.4 Å². The third-order valence-electron chi connectivity index (χ3n) is 1.83. The lowest BCUT2D eigenvalue weighted by Gasteiger charge is -2.03. The number of rotatable bonds is 2. The number of nitrogens with two attached hydrogens (primary N) is 3. The maximum Gasteiger partial charge on any atom is 0.223 e. The molecule has 0 saturated carbocycles. The van der Waals surface area contributed by atoms with Gasteiger partial charge in [-0.25, -0.2) is 4.99 Å². The first-order valence-corrected chi connectivity index (χ1v) is 4.65. The minimum Gasteiger partial charge on any atom is -0.495 e. The molecule has 0 aromatic heterocycles. The fourth-order valence-corrected chi connectivity index (χ4v) is 1.17. The third kappa shape index (κ3) is 3.43. The minimum absolute atomic E-state index is 0.0434. The van der Waals surface area contributed by atoms with Crippen molar-refractivity contribution in [2.24, 2.45) is 27.2 Å². The molecule has 17 heavy (non-hydrogen) atoms. The van der Waals surface area contributed by atoms with Gasteiger partial charge in [0.05, 0.1) is 18.4 Å². The molecule has 0 saturated heterocycles. The topological polar surface area (TPSA) is 112 Å². The van der Waals surface area contributed by atoms with Crippen molar-refractivity contribution in [3.8, 4) is 18.1 Å². The van der Waals surface area contributed by atoms with Crippen molar-refractivity contribution in [1.82, 2.24) is 0 Å². The molecule has 0 aliphatic heterocycles. The Morgan fingerprint density at radius 2 is 2.06 bits per heavy atom. The van der Waals surface area contributed by atoms with Crippen LogP contribution in [0.15, 0.2) is 28.2 Å². The molecule has 0 aliphatic carbocycles. The minimum atomic E-state index is -0.156. The lowest BCUT2D eigenvalue weighted by molar-refractivity contribution is 0.413. The van der Waals surface area contributed by atoms with Gasteiger partial charge in [-0.2, -0.15) is 4.99 Å². The van der Waals surface area contributed by atoms with Gasteiger partial charge in [-0.15, -0.1) is 6.42 Å². The number of nitrogens with zero attached hydrogens (tertiary/aromatic N) is 2. The van der Waals surface area contributed by atoms with E-state index < -0.39 is 0 Å². The van der Waals surface area contributed by atoms with Gasteiger partial charge in [0, 0.05) is 0 Å². The second-order valence-corrected chi connectivity index (χ2v) is 3.04. The van der Waals surface area contributed by atoms with Crippen LogP contribution in [0.2, 0.25) is 0 Å². The number of methoxy groups -OCH3 is 1. The summed E-state index contributed by atoms with van der Waals surface area (Å²) in [6.07, 6.45) is 5.33. The van der Waals surface area contributed by atoms with Gasteiger partial charge in [-0.3, -0.25) is 0 Å². The molecule has 0 radical (unpaired) electrons. The molecule has 0 unspecified atom stereocenters. The number of ether oxygens (including phenoxy) is 1. The summed E-state index contributed by atoms with van der Waals surface area (Å²) in [7, 11) is 1.53. The Labute approximate surface area is 99.2 Å². The van der Waals surface area contributed by atoms with E-state index in [1.165, 1.54) is 7.11 Å². The Morgan fingerprint density at radius 1 is 1.35 bits per heavy atom. The van der Waals surface area contributed by atoms with E-state index in [-0.39, 0.29) is 11.9 Å². The van der Waals surface area contributed by atoms with E-state index in [0.29, 0.717) is 17.0 Å². The van der Waals surface area contributed by atoms with Crippen molar-refractivity contribution in [2.45, 2.75) is 0 Å². The molecule has 88 valence electrons. The van der Waals surface area contributed by atoms with Gasteiger partial charge in [0.15, 0.2) is 5.96 Å². The highest BCUT2D eigenvalue weighted by molar-refractivity contribution is 5.93. The quantitative estimate of drug-likeness (QED) is 0.374. The SMILES string of the molecule is C#Cc1cc(N=C(N)N=C(N)N)ccc1OC. The van der Waals surface area contributed by atoms with Crippen LogP contribution in [0.3, 0.4) is 0 Å². The predicted octanol–water partition coefficient (Wildman–Crippen LogP) is -0.104. The zero-order chi connectivity index (χ0) is 12.8. The van der Waals surface area contributed by atoms with Crippen molar-refractivity contribution in [3.63, 3.8) is 0 Å². The Hall–Kier alpha value is -2.68. The number of benzene rings is 1. The van der Waals surface area contributed by atoms with E-state index in [9.17, 15) is 0 Å². The molecule has 0 bridgehead atoms. The summed E-state index contributed by atoms with van der Waals surface area (Å²) < 4.78 is 5.07. The van der Waals surface area contributed by atoms with Crippen LogP contribution in [0, 0.1) is 12.3 Å². The maximum absolute atomic E-state index is 5.49. The van der Waals surface area contributed by atoms with Crippen molar-refractivity contribution in [2.75, 3.05) is 7.11 Å². The number of hydrogen-bond acceptors (Lipinski definition) is 2. The summed E-state index contributed by atoms with van der Waals surface area (Å²) in [5, 5.41) is 0. The molecule has 0 atom stereocenters. The number of aliphatic imine (C=N–C) groups is 2. The first kappa shape index (κ1) is 12.4. The molecular weight excluding hydrogens is 218 g/mol. The van der Waals surface area contributed by atoms with Crippen molar-refractivity contribution < 1.29 is 4.74 Å². The number of terminal acetylenes is 1.